The Bertz CT molecular complexity index is 7910. The Morgan fingerprint density at radius 3 is 0.685 bits per heavy atom. The highest BCUT2D eigenvalue weighted by molar-refractivity contribution is 6.21. The van der Waals surface area contributed by atoms with E-state index < -0.39 is 0 Å². The zero-order valence-corrected chi connectivity index (χ0v) is 68.9. The Balaban J connectivity index is 0.971. The summed E-state index contributed by atoms with van der Waals surface area (Å²) in [5.74, 6) is 0. The lowest BCUT2D eigenvalue weighted by molar-refractivity contribution is 1.03. The summed E-state index contributed by atoms with van der Waals surface area (Å²) >= 11 is 0. The first kappa shape index (κ1) is 72.6. The standard InChI is InChI=1S/C120H75N7/c121-76-103-117(124-106-59-51-85(77-30-9-1-10-31-77)68-95(106)96-69-86(52-60-107(96)124)78-32-11-2-12-33-78)119(126-110-63-55-89(81-38-17-5-18-39-81)72-99(110)100-73-90(56-64-111(100)126)82-40-19-6-20-41-82)115(93-46-25-27-48-104(93)123-105-49-28-26-47-94(105)116-114(123)50-29-67-122-116)120(127-112-65-57-91(83-42-21-7-22-43-83)74-101(112)102-75-92(58-66-113(102)127)84-44-23-8-24-45-84)118(103)125-108-61-53-87(79-34-13-3-14-35-79)70-97(108)98-71-88(54-62-109(98)125)80-36-15-4-16-37-80/h1-75H. The van der Waals surface area contributed by atoms with Crippen LogP contribution in [-0.4, -0.2) is 27.8 Å². The van der Waals surface area contributed by atoms with E-state index >= 15 is 0 Å². The van der Waals surface area contributed by atoms with Crippen molar-refractivity contribution in [2.24, 2.45) is 0 Å². The third-order valence-corrected chi connectivity index (χ3v) is 26.2. The smallest absolute Gasteiger partial charge is 0.104 e. The summed E-state index contributed by atoms with van der Waals surface area (Å²) in [7, 11) is 0. The molecule has 7 heteroatoms. The van der Waals surface area contributed by atoms with Gasteiger partial charge in [-0.1, -0.05) is 328 Å². The molecule has 6 heterocycles. The van der Waals surface area contributed by atoms with Gasteiger partial charge in [0.2, 0.25) is 0 Å². The molecule has 0 aliphatic heterocycles. The van der Waals surface area contributed by atoms with Gasteiger partial charge in [0.25, 0.3) is 0 Å². The molecule has 0 radical (unpaired) electrons. The Labute approximate surface area is 732 Å². The normalized spacial score (nSPS) is 11.8. The number of fused-ring (bicyclic) bond motifs is 15. The fourth-order valence-corrected chi connectivity index (χ4v) is 20.4. The van der Waals surface area contributed by atoms with Crippen molar-refractivity contribution < 1.29 is 0 Å². The lowest BCUT2D eigenvalue weighted by Crippen LogP contribution is -2.17. The van der Waals surface area contributed by atoms with E-state index in [9.17, 15) is 5.26 Å². The first-order chi connectivity index (χ1) is 63.0. The SMILES string of the molecule is N#Cc1c(-n2c3ccc(-c4ccccc4)cc3c3cc(-c4ccccc4)ccc32)c(-n2c3ccc(-c4ccccc4)cc3c3cc(-c4ccccc4)ccc32)c(-c2ccccc2-n2c3ccccc3c3ncccc32)c(-n2c3ccc(-c4ccccc4)cc3c3cc(-c4ccccc4)ccc32)c1-n1c2ccc(-c3ccccc3)cc2c2cc(-c3ccccc3)ccc21. The van der Waals surface area contributed by atoms with Crippen LogP contribution in [0, 0.1) is 11.3 Å². The van der Waals surface area contributed by atoms with Crippen molar-refractivity contribution in [3.63, 3.8) is 0 Å². The lowest BCUT2D eigenvalue weighted by Gasteiger charge is -2.30. The van der Waals surface area contributed by atoms with Crippen molar-refractivity contribution in [3.8, 4) is 135 Å². The topological polar surface area (TPSA) is 61.3 Å². The summed E-state index contributed by atoms with van der Waals surface area (Å²) < 4.78 is 12.5. The fourth-order valence-electron chi connectivity index (χ4n) is 20.4. The Morgan fingerprint density at radius 1 is 0.181 bits per heavy atom. The fraction of sp³-hybridized carbons (Fsp3) is 0. The molecule has 0 unspecified atom stereocenters. The van der Waals surface area contributed by atoms with Crippen molar-refractivity contribution in [1.29, 1.82) is 5.26 Å². The van der Waals surface area contributed by atoms with Crippen molar-refractivity contribution in [2.75, 3.05) is 0 Å². The van der Waals surface area contributed by atoms with E-state index in [1.807, 2.05) is 6.20 Å². The zero-order valence-electron chi connectivity index (χ0n) is 68.9. The average Bonchev–Trinajstić information content (AvgIpc) is 1.57. The molecule has 0 aliphatic carbocycles. The van der Waals surface area contributed by atoms with E-state index in [0.717, 1.165) is 226 Å². The predicted octanol–water partition coefficient (Wildman–Crippen LogP) is 31.4. The van der Waals surface area contributed by atoms with Gasteiger partial charge in [-0.25, -0.2) is 0 Å². The number of pyridine rings is 1. The summed E-state index contributed by atoms with van der Waals surface area (Å²) in [6.45, 7) is 0. The molecule has 0 aliphatic rings. The Hall–Kier alpha value is -17.2. The van der Waals surface area contributed by atoms with E-state index in [1.54, 1.807) is 0 Å². The largest absolute Gasteiger partial charge is 0.307 e. The Kier molecular flexibility index (Phi) is 16.9. The van der Waals surface area contributed by atoms with Crippen LogP contribution in [0.15, 0.2) is 455 Å². The van der Waals surface area contributed by atoms with Crippen LogP contribution in [-0.2, 0) is 0 Å². The molecule has 0 saturated heterocycles. The zero-order chi connectivity index (χ0) is 83.7. The number of para-hydroxylation sites is 2. The molecule has 0 atom stereocenters. The molecule has 0 fully saturated rings. The van der Waals surface area contributed by atoms with E-state index in [4.69, 9.17) is 4.98 Å². The van der Waals surface area contributed by atoms with Crippen LogP contribution < -0.4 is 0 Å². The highest BCUT2D eigenvalue weighted by Crippen LogP contribution is 2.55. The first-order valence-corrected chi connectivity index (χ1v) is 43.4. The molecule has 0 amide bonds. The second-order valence-electron chi connectivity index (χ2n) is 33.1. The van der Waals surface area contributed by atoms with E-state index in [2.05, 4.69) is 478 Å². The maximum Gasteiger partial charge on any atom is 0.104 e. The van der Waals surface area contributed by atoms with Crippen molar-refractivity contribution >= 4 is 109 Å². The number of hydrogen-bond acceptors (Lipinski definition) is 2. The van der Waals surface area contributed by atoms with E-state index in [-0.39, 0.29) is 0 Å². The number of hydrogen-bond donors (Lipinski definition) is 0. The molecule has 19 aromatic carbocycles. The minimum Gasteiger partial charge on any atom is -0.307 e. The van der Waals surface area contributed by atoms with Crippen LogP contribution in [0.5, 0.6) is 0 Å². The first-order valence-electron chi connectivity index (χ1n) is 43.4. The van der Waals surface area contributed by atoms with Gasteiger partial charge in [-0.2, -0.15) is 5.26 Å². The van der Waals surface area contributed by atoms with Crippen molar-refractivity contribution in [2.45, 2.75) is 0 Å². The molecule has 0 bridgehead atoms. The summed E-state index contributed by atoms with van der Waals surface area (Å²) in [5, 5.41) is 23.7. The monoisotopic (exact) mass is 1610 g/mol. The number of nitrogens with zero attached hydrogens (tertiary/aromatic N) is 7. The second-order valence-corrected chi connectivity index (χ2v) is 33.1. The number of rotatable bonds is 14. The number of aromatic nitrogens is 6. The summed E-state index contributed by atoms with van der Waals surface area (Å²) in [6.07, 6.45) is 1.92. The molecule has 590 valence electrons. The van der Waals surface area contributed by atoms with Crippen LogP contribution in [0.2, 0.25) is 0 Å². The summed E-state index contributed by atoms with van der Waals surface area (Å²) in [5.41, 5.74) is 33.7. The highest BCUT2D eigenvalue weighted by atomic mass is 15.1. The molecule has 25 aromatic rings. The minimum absolute atomic E-state index is 0.442. The number of nitriles is 1. The van der Waals surface area contributed by atoms with Gasteiger partial charge in [-0.15, -0.1) is 0 Å². The quantitative estimate of drug-likeness (QED) is 0.109. The third-order valence-electron chi connectivity index (χ3n) is 26.2. The van der Waals surface area contributed by atoms with Crippen LogP contribution >= 0.6 is 0 Å². The van der Waals surface area contributed by atoms with Gasteiger partial charge < -0.3 is 22.8 Å². The molecule has 0 saturated carbocycles. The van der Waals surface area contributed by atoms with Gasteiger partial charge in [0, 0.05) is 65.8 Å². The second kappa shape index (κ2) is 29.6. The molecule has 7 nitrogen and oxygen atoms in total. The highest BCUT2D eigenvalue weighted by Gasteiger charge is 2.37. The average molecular weight is 1610 g/mol. The van der Waals surface area contributed by atoms with Crippen LogP contribution in [0.25, 0.3) is 238 Å². The molecular formula is C120H75N7. The maximum atomic E-state index is 14.4. The number of benzene rings is 19. The van der Waals surface area contributed by atoms with E-state index in [1.165, 1.54) is 0 Å². The van der Waals surface area contributed by atoms with Gasteiger partial charge in [-0.05, 0) is 210 Å². The predicted molar refractivity (Wildman–Crippen MR) is 530 cm³/mol. The van der Waals surface area contributed by atoms with Gasteiger partial charge >= 0.3 is 0 Å². The van der Waals surface area contributed by atoms with Crippen LogP contribution in [0.3, 0.4) is 0 Å². The van der Waals surface area contributed by atoms with Gasteiger partial charge in [0.1, 0.15) is 11.6 Å². The lowest BCUT2D eigenvalue weighted by atomic mass is 9.92. The summed E-state index contributed by atoms with van der Waals surface area (Å²) in [4.78, 5) is 5.29. The van der Waals surface area contributed by atoms with E-state index in [0.29, 0.717) is 16.9 Å². The third kappa shape index (κ3) is 11.7. The van der Waals surface area contributed by atoms with Crippen molar-refractivity contribution in [3.05, 3.63) is 461 Å². The molecule has 0 N–H and O–H groups in total. The summed E-state index contributed by atoms with van der Waals surface area (Å²) in [6, 6.07) is 168. The van der Waals surface area contributed by atoms with Gasteiger partial charge in [-0.3, -0.25) is 4.98 Å². The molecule has 0 spiro atoms. The Morgan fingerprint density at radius 2 is 0.409 bits per heavy atom. The molecular weight excluding hydrogens is 1540 g/mol. The van der Waals surface area contributed by atoms with Gasteiger partial charge in [0.05, 0.1) is 89.1 Å². The molecule has 25 rings (SSSR count). The molecule has 6 aromatic heterocycles. The maximum absolute atomic E-state index is 14.4. The van der Waals surface area contributed by atoms with Gasteiger partial charge in [0.15, 0.2) is 0 Å². The van der Waals surface area contributed by atoms with Crippen LogP contribution in [0.1, 0.15) is 5.56 Å². The minimum atomic E-state index is 0.442. The molecule has 127 heavy (non-hydrogen) atoms. The van der Waals surface area contributed by atoms with Crippen molar-refractivity contribution in [1.82, 2.24) is 27.8 Å². The van der Waals surface area contributed by atoms with Crippen LogP contribution in [0.4, 0.5) is 0 Å².